The molecular weight excluding hydrogens is 252 g/mol. The second kappa shape index (κ2) is 5.23. The van der Waals surface area contributed by atoms with E-state index < -0.39 is 16.8 Å². The van der Waals surface area contributed by atoms with Gasteiger partial charge in [-0.25, -0.2) is 0 Å². The summed E-state index contributed by atoms with van der Waals surface area (Å²) in [5, 5.41) is 19.8. The van der Waals surface area contributed by atoms with Crippen LogP contribution in [0.2, 0.25) is 0 Å². The van der Waals surface area contributed by atoms with Crippen LogP contribution >= 0.6 is 0 Å². The summed E-state index contributed by atoms with van der Waals surface area (Å²) in [5.74, 6) is -1.54. The molecule has 2 rings (SSSR count). The van der Waals surface area contributed by atoms with Crippen molar-refractivity contribution in [3.63, 3.8) is 0 Å². The number of nitrogens with zero attached hydrogens (tertiary/aromatic N) is 2. The maximum atomic E-state index is 11.1. The second-order valence-electron chi connectivity index (χ2n) is 4.44. The van der Waals surface area contributed by atoms with Gasteiger partial charge in [-0.05, 0) is 6.07 Å². The van der Waals surface area contributed by atoms with Crippen molar-refractivity contribution in [2.75, 3.05) is 25.2 Å². The molecule has 102 valence electrons. The van der Waals surface area contributed by atoms with Crippen molar-refractivity contribution in [3.8, 4) is 0 Å². The SMILES string of the molecule is CN(c1cccc([N+](=O)[O-])c1)C1COCC1C(=O)O. The van der Waals surface area contributed by atoms with Gasteiger partial charge in [-0.15, -0.1) is 0 Å². The molecule has 2 atom stereocenters. The lowest BCUT2D eigenvalue weighted by Gasteiger charge is -2.28. The standard InChI is InChI=1S/C12H14N2O5/c1-13(11-7-19-6-10(11)12(15)16)8-3-2-4-9(5-8)14(17)18/h2-5,10-11H,6-7H2,1H3,(H,15,16). The molecule has 7 nitrogen and oxygen atoms in total. The first-order valence-corrected chi connectivity index (χ1v) is 5.78. The van der Waals surface area contributed by atoms with Gasteiger partial charge in [0.15, 0.2) is 0 Å². The number of nitro groups is 1. The van der Waals surface area contributed by atoms with E-state index in [-0.39, 0.29) is 18.3 Å². The predicted molar refractivity (Wildman–Crippen MR) is 67.2 cm³/mol. The minimum atomic E-state index is -0.917. The summed E-state index contributed by atoms with van der Waals surface area (Å²) in [5.41, 5.74) is 0.589. The first-order chi connectivity index (χ1) is 9.00. The lowest BCUT2D eigenvalue weighted by atomic mass is 10.0. The van der Waals surface area contributed by atoms with E-state index in [0.717, 1.165) is 0 Å². The van der Waals surface area contributed by atoms with Crippen molar-refractivity contribution in [2.24, 2.45) is 5.92 Å². The first-order valence-electron chi connectivity index (χ1n) is 5.78. The average molecular weight is 266 g/mol. The molecule has 0 saturated carbocycles. The highest BCUT2D eigenvalue weighted by molar-refractivity contribution is 5.72. The maximum Gasteiger partial charge on any atom is 0.311 e. The van der Waals surface area contributed by atoms with E-state index in [1.165, 1.54) is 12.1 Å². The van der Waals surface area contributed by atoms with Gasteiger partial charge in [-0.3, -0.25) is 14.9 Å². The minimum Gasteiger partial charge on any atom is -0.481 e. The Bertz CT molecular complexity index is 505. The summed E-state index contributed by atoms with van der Waals surface area (Å²) in [4.78, 5) is 23.1. The highest BCUT2D eigenvalue weighted by Crippen LogP contribution is 2.27. The van der Waals surface area contributed by atoms with Gasteiger partial charge in [-0.2, -0.15) is 0 Å². The fourth-order valence-corrected chi connectivity index (χ4v) is 2.18. The lowest BCUT2D eigenvalue weighted by molar-refractivity contribution is -0.384. The van der Waals surface area contributed by atoms with E-state index in [1.54, 1.807) is 24.1 Å². The number of aliphatic carboxylic acids is 1. The van der Waals surface area contributed by atoms with Gasteiger partial charge in [0.2, 0.25) is 0 Å². The van der Waals surface area contributed by atoms with Crippen molar-refractivity contribution < 1.29 is 19.6 Å². The van der Waals surface area contributed by atoms with Crippen LogP contribution in [0.3, 0.4) is 0 Å². The third-order valence-electron chi connectivity index (χ3n) is 3.31. The van der Waals surface area contributed by atoms with Crippen molar-refractivity contribution >= 4 is 17.3 Å². The molecule has 1 aromatic carbocycles. The topological polar surface area (TPSA) is 92.9 Å². The number of benzene rings is 1. The molecule has 1 fully saturated rings. The predicted octanol–water partition coefficient (Wildman–Crippen LogP) is 1.13. The molecule has 0 aromatic heterocycles. The lowest BCUT2D eigenvalue weighted by Crippen LogP contribution is -2.40. The monoisotopic (exact) mass is 266 g/mol. The Balaban J connectivity index is 2.23. The van der Waals surface area contributed by atoms with Crippen LogP contribution in [0.15, 0.2) is 24.3 Å². The fourth-order valence-electron chi connectivity index (χ4n) is 2.18. The number of anilines is 1. The number of non-ortho nitro benzene ring substituents is 1. The molecule has 19 heavy (non-hydrogen) atoms. The maximum absolute atomic E-state index is 11.1. The van der Waals surface area contributed by atoms with E-state index in [1.807, 2.05) is 0 Å². The van der Waals surface area contributed by atoms with Crippen molar-refractivity contribution in [1.29, 1.82) is 0 Å². The third-order valence-corrected chi connectivity index (χ3v) is 3.31. The van der Waals surface area contributed by atoms with Crippen molar-refractivity contribution in [3.05, 3.63) is 34.4 Å². The Hall–Kier alpha value is -2.15. The number of likely N-dealkylation sites (N-methyl/N-ethyl adjacent to an activating group) is 1. The van der Waals surface area contributed by atoms with Gasteiger partial charge in [0.05, 0.1) is 24.2 Å². The molecule has 0 aliphatic carbocycles. The summed E-state index contributed by atoms with van der Waals surface area (Å²) in [6.07, 6.45) is 0. The summed E-state index contributed by atoms with van der Waals surface area (Å²) in [6, 6.07) is 5.80. The highest BCUT2D eigenvalue weighted by Gasteiger charge is 2.37. The number of carbonyl (C=O) groups is 1. The molecule has 1 aromatic rings. The van der Waals surface area contributed by atoms with Crippen LogP contribution in [0.25, 0.3) is 0 Å². The van der Waals surface area contributed by atoms with Crippen molar-refractivity contribution in [1.82, 2.24) is 0 Å². The van der Waals surface area contributed by atoms with Crippen LogP contribution < -0.4 is 4.90 Å². The number of ether oxygens (including phenoxy) is 1. The number of hydrogen-bond acceptors (Lipinski definition) is 5. The molecule has 2 unspecified atom stereocenters. The molecule has 1 aliphatic heterocycles. The van der Waals surface area contributed by atoms with Gasteiger partial charge in [-0.1, -0.05) is 6.07 Å². The largest absolute Gasteiger partial charge is 0.481 e. The third kappa shape index (κ3) is 2.65. The molecule has 7 heteroatoms. The Morgan fingerprint density at radius 2 is 2.26 bits per heavy atom. The molecule has 0 spiro atoms. The molecule has 1 saturated heterocycles. The fraction of sp³-hybridized carbons (Fsp3) is 0.417. The normalized spacial score (nSPS) is 22.2. The highest BCUT2D eigenvalue weighted by atomic mass is 16.6. The summed E-state index contributed by atoms with van der Waals surface area (Å²) in [7, 11) is 1.72. The van der Waals surface area contributed by atoms with E-state index in [0.29, 0.717) is 12.3 Å². The molecule has 1 heterocycles. The number of nitro benzene ring substituents is 1. The van der Waals surface area contributed by atoms with Gasteiger partial charge < -0.3 is 14.7 Å². The van der Waals surface area contributed by atoms with Crippen LogP contribution in [-0.2, 0) is 9.53 Å². The quantitative estimate of drug-likeness (QED) is 0.648. The van der Waals surface area contributed by atoms with Crippen LogP contribution in [0.4, 0.5) is 11.4 Å². The number of carboxylic acids is 1. The number of hydrogen-bond donors (Lipinski definition) is 1. The van der Waals surface area contributed by atoms with Gasteiger partial charge in [0.1, 0.15) is 5.92 Å². The molecular formula is C12H14N2O5. The first kappa shape index (κ1) is 13.3. The number of carboxylic acid groups (broad SMARTS) is 1. The summed E-state index contributed by atoms with van der Waals surface area (Å²) in [6.45, 7) is 0.468. The molecule has 0 bridgehead atoms. The van der Waals surface area contributed by atoms with Crippen LogP contribution in [0, 0.1) is 16.0 Å². The second-order valence-corrected chi connectivity index (χ2v) is 4.44. The summed E-state index contributed by atoms with van der Waals surface area (Å²) < 4.78 is 5.19. The smallest absolute Gasteiger partial charge is 0.311 e. The van der Waals surface area contributed by atoms with E-state index in [4.69, 9.17) is 9.84 Å². The van der Waals surface area contributed by atoms with Crippen LogP contribution in [0.5, 0.6) is 0 Å². The Morgan fingerprint density at radius 3 is 2.89 bits per heavy atom. The van der Waals surface area contributed by atoms with E-state index in [2.05, 4.69) is 0 Å². The Kier molecular flexibility index (Phi) is 3.66. The zero-order valence-electron chi connectivity index (χ0n) is 10.4. The van der Waals surface area contributed by atoms with Crippen molar-refractivity contribution in [2.45, 2.75) is 6.04 Å². The molecule has 0 radical (unpaired) electrons. The molecule has 1 N–H and O–H groups in total. The minimum absolute atomic E-state index is 0.0184. The zero-order chi connectivity index (χ0) is 14.0. The van der Waals surface area contributed by atoms with Crippen LogP contribution in [-0.4, -0.2) is 42.3 Å². The Morgan fingerprint density at radius 1 is 1.53 bits per heavy atom. The van der Waals surface area contributed by atoms with Gasteiger partial charge in [0, 0.05) is 24.9 Å². The van der Waals surface area contributed by atoms with Gasteiger partial charge >= 0.3 is 5.97 Å². The van der Waals surface area contributed by atoms with E-state index >= 15 is 0 Å². The zero-order valence-corrected chi connectivity index (χ0v) is 10.4. The average Bonchev–Trinajstić information content (AvgIpc) is 2.87. The molecule has 0 amide bonds. The summed E-state index contributed by atoms with van der Waals surface area (Å²) >= 11 is 0. The van der Waals surface area contributed by atoms with E-state index in [9.17, 15) is 14.9 Å². The van der Waals surface area contributed by atoms with Gasteiger partial charge in [0.25, 0.3) is 5.69 Å². The molecule has 1 aliphatic rings. The Labute approximate surface area is 109 Å². The van der Waals surface area contributed by atoms with Crippen LogP contribution in [0.1, 0.15) is 0 Å². The number of rotatable bonds is 4.